The predicted molar refractivity (Wildman–Crippen MR) is 96.9 cm³/mol. The molecule has 0 radical (unpaired) electrons. The lowest BCUT2D eigenvalue weighted by atomic mass is 9.84. The second-order valence-electron chi connectivity index (χ2n) is 7.49. The van der Waals surface area contributed by atoms with Gasteiger partial charge in [-0.2, -0.15) is 10.1 Å². The van der Waals surface area contributed by atoms with Crippen molar-refractivity contribution < 1.29 is 9.53 Å². The first-order valence-electron chi connectivity index (χ1n) is 8.51. The maximum absolute atomic E-state index is 12.5. The number of likely N-dealkylation sites (tertiary alicyclic amines) is 1. The fraction of sp³-hybridized carbons (Fsp3) is 0.647. The van der Waals surface area contributed by atoms with E-state index in [1.165, 1.54) is 6.33 Å². The van der Waals surface area contributed by atoms with E-state index in [4.69, 9.17) is 4.74 Å². The van der Waals surface area contributed by atoms with Crippen molar-refractivity contribution in [3.05, 3.63) is 18.1 Å². The van der Waals surface area contributed by atoms with E-state index in [1.54, 1.807) is 21.2 Å². The van der Waals surface area contributed by atoms with Crippen LogP contribution in [0.4, 0.5) is 4.79 Å². The molecule has 0 bridgehead atoms. The molecule has 0 N–H and O–H groups in total. The van der Waals surface area contributed by atoms with E-state index in [-0.39, 0.29) is 12.0 Å². The summed E-state index contributed by atoms with van der Waals surface area (Å²) in [6.45, 7) is 9.22. The van der Waals surface area contributed by atoms with Gasteiger partial charge in [-0.15, -0.1) is 11.8 Å². The first-order valence-corrected chi connectivity index (χ1v) is 9.73. The third kappa shape index (κ3) is 3.89. The minimum absolute atomic E-state index is 0.166. The molecule has 8 heteroatoms. The summed E-state index contributed by atoms with van der Waals surface area (Å²) >= 11 is 1.58. The van der Waals surface area contributed by atoms with Gasteiger partial charge >= 0.3 is 6.09 Å². The number of rotatable bonds is 2. The molecule has 0 spiro atoms. The molecule has 1 aliphatic heterocycles. The molecule has 0 aromatic carbocycles. The molecule has 7 nitrogen and oxygen atoms in total. The van der Waals surface area contributed by atoms with Crippen LogP contribution in [0.25, 0.3) is 5.78 Å². The van der Waals surface area contributed by atoms with Gasteiger partial charge in [0.25, 0.3) is 5.78 Å². The van der Waals surface area contributed by atoms with Crippen LogP contribution in [-0.4, -0.2) is 55.5 Å². The molecule has 3 rings (SSSR count). The van der Waals surface area contributed by atoms with Crippen molar-refractivity contribution in [2.24, 2.45) is 5.92 Å². The minimum Gasteiger partial charge on any atom is -0.444 e. The predicted octanol–water partition coefficient (Wildman–Crippen LogP) is 3.21. The summed E-state index contributed by atoms with van der Waals surface area (Å²) in [5.74, 6) is 1.20. The van der Waals surface area contributed by atoms with Crippen LogP contribution in [0.3, 0.4) is 0 Å². The summed E-state index contributed by atoms with van der Waals surface area (Å²) in [7, 11) is 0. The van der Waals surface area contributed by atoms with Gasteiger partial charge in [0.2, 0.25) is 0 Å². The first-order chi connectivity index (χ1) is 11.8. The molecule has 1 aliphatic rings. The standard InChI is InChI=1S/C17H25N5O2S/c1-11-6-7-21(16(23)24-17(2,3)4)9-12(11)13-8-14(25-5)20-15-18-10-19-22(13)15/h8,10-12H,6-7,9H2,1-5H3. The van der Waals surface area contributed by atoms with Gasteiger partial charge < -0.3 is 9.64 Å². The monoisotopic (exact) mass is 363 g/mol. The molecule has 2 unspecified atom stereocenters. The number of amides is 1. The van der Waals surface area contributed by atoms with Gasteiger partial charge in [-0.05, 0) is 45.4 Å². The lowest BCUT2D eigenvalue weighted by molar-refractivity contribution is 0.0161. The number of hydrogen-bond acceptors (Lipinski definition) is 6. The largest absolute Gasteiger partial charge is 0.444 e. The number of nitrogens with zero attached hydrogens (tertiary/aromatic N) is 5. The zero-order valence-corrected chi connectivity index (χ0v) is 16.2. The van der Waals surface area contributed by atoms with Crippen molar-refractivity contribution in [2.75, 3.05) is 19.3 Å². The van der Waals surface area contributed by atoms with E-state index in [9.17, 15) is 4.79 Å². The van der Waals surface area contributed by atoms with Crippen LogP contribution >= 0.6 is 11.8 Å². The van der Waals surface area contributed by atoms with Crippen LogP contribution < -0.4 is 0 Å². The molecule has 0 aliphatic carbocycles. The molecular weight excluding hydrogens is 338 g/mol. The van der Waals surface area contributed by atoms with Gasteiger partial charge in [-0.1, -0.05) is 6.92 Å². The van der Waals surface area contributed by atoms with Crippen molar-refractivity contribution in [3.63, 3.8) is 0 Å². The normalized spacial score (nSPS) is 21.6. The van der Waals surface area contributed by atoms with E-state index in [1.807, 2.05) is 27.0 Å². The zero-order chi connectivity index (χ0) is 18.2. The molecule has 136 valence electrons. The second-order valence-corrected chi connectivity index (χ2v) is 8.32. The third-order valence-corrected chi connectivity index (χ3v) is 5.08. The Morgan fingerprint density at radius 2 is 2.16 bits per heavy atom. The number of carbonyl (C=O) groups is 1. The second kappa shape index (κ2) is 6.82. The van der Waals surface area contributed by atoms with Gasteiger partial charge in [0.15, 0.2) is 0 Å². The molecule has 1 saturated heterocycles. The highest BCUT2D eigenvalue weighted by Crippen LogP contribution is 2.33. The summed E-state index contributed by atoms with van der Waals surface area (Å²) in [6, 6.07) is 2.06. The van der Waals surface area contributed by atoms with E-state index in [0.29, 0.717) is 24.8 Å². The van der Waals surface area contributed by atoms with E-state index in [2.05, 4.69) is 28.1 Å². The minimum atomic E-state index is -0.489. The van der Waals surface area contributed by atoms with Gasteiger partial charge in [-0.3, -0.25) is 0 Å². The van der Waals surface area contributed by atoms with Gasteiger partial charge in [-0.25, -0.2) is 14.3 Å². The number of hydrogen-bond donors (Lipinski definition) is 0. The van der Waals surface area contributed by atoms with Crippen molar-refractivity contribution in [1.29, 1.82) is 0 Å². The fourth-order valence-corrected chi connectivity index (χ4v) is 3.54. The van der Waals surface area contributed by atoms with E-state index < -0.39 is 5.60 Å². The third-order valence-electron chi connectivity index (χ3n) is 4.45. The molecular formula is C17H25N5O2S. The van der Waals surface area contributed by atoms with Gasteiger partial charge in [0, 0.05) is 19.0 Å². The Balaban J connectivity index is 1.90. The van der Waals surface area contributed by atoms with Gasteiger partial charge in [0.05, 0.1) is 5.69 Å². The maximum Gasteiger partial charge on any atom is 0.410 e. The Labute approximate surface area is 152 Å². The molecule has 2 aromatic heterocycles. The van der Waals surface area contributed by atoms with E-state index in [0.717, 1.165) is 17.1 Å². The van der Waals surface area contributed by atoms with Crippen LogP contribution in [-0.2, 0) is 4.74 Å². The Morgan fingerprint density at radius 1 is 1.40 bits per heavy atom. The molecule has 3 heterocycles. The lowest BCUT2D eigenvalue weighted by Gasteiger charge is -2.37. The van der Waals surface area contributed by atoms with Crippen molar-refractivity contribution >= 4 is 23.6 Å². The molecule has 0 saturated carbocycles. The Bertz CT molecular complexity index is 770. The average Bonchev–Trinajstić information content (AvgIpc) is 3.01. The van der Waals surface area contributed by atoms with Crippen LogP contribution in [0.2, 0.25) is 0 Å². The Hall–Kier alpha value is -1.83. The Morgan fingerprint density at radius 3 is 2.84 bits per heavy atom. The van der Waals surface area contributed by atoms with Crippen molar-refractivity contribution in [3.8, 4) is 0 Å². The molecule has 25 heavy (non-hydrogen) atoms. The average molecular weight is 363 g/mol. The summed E-state index contributed by atoms with van der Waals surface area (Å²) in [5.41, 5.74) is 0.560. The SMILES string of the molecule is CSc1cc(C2CN(C(=O)OC(C)(C)C)CCC2C)n2ncnc2n1. The summed E-state index contributed by atoms with van der Waals surface area (Å²) < 4.78 is 7.34. The smallest absolute Gasteiger partial charge is 0.410 e. The topological polar surface area (TPSA) is 72.6 Å². The van der Waals surface area contributed by atoms with Crippen molar-refractivity contribution in [1.82, 2.24) is 24.5 Å². The number of fused-ring (bicyclic) bond motifs is 1. The van der Waals surface area contributed by atoms with Gasteiger partial charge in [0.1, 0.15) is 17.0 Å². The Kier molecular flexibility index (Phi) is 4.90. The highest BCUT2D eigenvalue weighted by Gasteiger charge is 2.34. The van der Waals surface area contributed by atoms with Crippen LogP contribution in [0.15, 0.2) is 17.4 Å². The fourth-order valence-electron chi connectivity index (χ4n) is 3.13. The molecule has 1 fully saturated rings. The highest BCUT2D eigenvalue weighted by molar-refractivity contribution is 7.98. The quantitative estimate of drug-likeness (QED) is 0.603. The highest BCUT2D eigenvalue weighted by atomic mass is 32.2. The molecule has 2 aromatic rings. The van der Waals surface area contributed by atoms with Crippen LogP contribution in [0.5, 0.6) is 0 Å². The summed E-state index contributed by atoms with van der Waals surface area (Å²) in [4.78, 5) is 23.0. The summed E-state index contributed by atoms with van der Waals surface area (Å²) in [6.07, 6.45) is 4.20. The number of piperidine rings is 1. The maximum atomic E-state index is 12.5. The van der Waals surface area contributed by atoms with E-state index >= 15 is 0 Å². The number of thioether (sulfide) groups is 1. The zero-order valence-electron chi connectivity index (χ0n) is 15.4. The summed E-state index contributed by atoms with van der Waals surface area (Å²) in [5, 5.41) is 5.25. The first kappa shape index (κ1) is 18.0. The molecule has 1 amide bonds. The lowest BCUT2D eigenvalue weighted by Crippen LogP contribution is -2.45. The number of aromatic nitrogens is 4. The number of carbonyl (C=O) groups excluding carboxylic acids is 1. The molecule has 2 atom stereocenters. The number of ether oxygens (including phenoxy) is 1. The van der Waals surface area contributed by atoms with Crippen LogP contribution in [0, 0.1) is 5.92 Å². The van der Waals surface area contributed by atoms with Crippen molar-refractivity contribution in [2.45, 2.75) is 50.7 Å². The van der Waals surface area contributed by atoms with Crippen LogP contribution in [0.1, 0.15) is 45.7 Å².